The van der Waals surface area contributed by atoms with E-state index in [9.17, 15) is 0 Å². The summed E-state index contributed by atoms with van der Waals surface area (Å²) in [5.74, 6) is 0.923. The molecule has 2 aromatic heterocycles. The van der Waals surface area contributed by atoms with Crippen molar-refractivity contribution in [1.29, 1.82) is 0 Å². The SMILES string of the molecule is CC(CN1CCN(C)CC1)Nc1ncnc2cc(-c3ccc(Cl)cc3)sc12. The molecule has 1 atom stereocenters. The van der Waals surface area contributed by atoms with Gasteiger partial charge in [-0.2, -0.15) is 0 Å². The Labute approximate surface area is 169 Å². The molecule has 1 aromatic carbocycles. The van der Waals surface area contributed by atoms with Crippen LogP contribution in [0.1, 0.15) is 6.92 Å². The molecule has 4 rings (SSSR count). The van der Waals surface area contributed by atoms with Gasteiger partial charge in [0.05, 0.1) is 10.2 Å². The van der Waals surface area contributed by atoms with Crippen molar-refractivity contribution in [2.75, 3.05) is 45.1 Å². The van der Waals surface area contributed by atoms with Crippen molar-refractivity contribution in [1.82, 2.24) is 19.8 Å². The van der Waals surface area contributed by atoms with E-state index in [-0.39, 0.29) is 0 Å². The summed E-state index contributed by atoms with van der Waals surface area (Å²) in [4.78, 5) is 15.0. The molecule has 0 amide bonds. The van der Waals surface area contributed by atoms with Gasteiger partial charge >= 0.3 is 0 Å². The van der Waals surface area contributed by atoms with Crippen LogP contribution in [-0.4, -0.2) is 65.6 Å². The van der Waals surface area contributed by atoms with Gasteiger partial charge in [0.15, 0.2) is 0 Å². The van der Waals surface area contributed by atoms with Gasteiger partial charge in [-0.15, -0.1) is 11.3 Å². The highest BCUT2D eigenvalue weighted by Gasteiger charge is 2.17. The summed E-state index contributed by atoms with van der Waals surface area (Å²) in [5, 5.41) is 4.35. The van der Waals surface area contributed by atoms with E-state index in [1.807, 2.05) is 24.3 Å². The molecule has 5 nitrogen and oxygen atoms in total. The van der Waals surface area contributed by atoms with E-state index in [0.29, 0.717) is 6.04 Å². The summed E-state index contributed by atoms with van der Waals surface area (Å²) in [7, 11) is 2.19. The number of hydrogen-bond donors (Lipinski definition) is 1. The summed E-state index contributed by atoms with van der Waals surface area (Å²) >= 11 is 7.73. The van der Waals surface area contributed by atoms with Gasteiger partial charge in [0.2, 0.25) is 0 Å². The van der Waals surface area contributed by atoms with Crippen molar-refractivity contribution >= 4 is 39.0 Å². The standard InChI is InChI=1S/C20H24ClN5S/c1-14(12-26-9-7-25(2)8-10-26)24-20-19-17(22-13-23-20)11-18(27-19)15-3-5-16(21)6-4-15/h3-6,11,13-14H,7-10,12H2,1-2H3,(H,22,23,24). The Morgan fingerprint density at radius 3 is 2.63 bits per heavy atom. The minimum atomic E-state index is 0.326. The number of fused-ring (bicyclic) bond motifs is 1. The van der Waals surface area contributed by atoms with E-state index in [2.05, 4.69) is 45.1 Å². The van der Waals surface area contributed by atoms with E-state index in [1.165, 1.54) is 4.88 Å². The third kappa shape index (κ3) is 4.41. The zero-order valence-corrected chi connectivity index (χ0v) is 17.2. The second-order valence-corrected chi connectivity index (χ2v) is 8.69. The zero-order chi connectivity index (χ0) is 18.8. The molecule has 3 heterocycles. The van der Waals surface area contributed by atoms with Crippen LogP contribution in [0.5, 0.6) is 0 Å². The van der Waals surface area contributed by atoms with Gasteiger partial charge in [0, 0.05) is 48.7 Å². The number of hydrogen-bond acceptors (Lipinski definition) is 6. The number of piperazine rings is 1. The van der Waals surface area contributed by atoms with Crippen molar-refractivity contribution in [3.63, 3.8) is 0 Å². The molecule has 1 aliphatic rings. The Hall–Kier alpha value is -1.73. The van der Waals surface area contributed by atoms with Crippen molar-refractivity contribution < 1.29 is 0 Å². The normalized spacial score (nSPS) is 17.3. The number of nitrogens with zero attached hydrogens (tertiary/aromatic N) is 4. The average Bonchev–Trinajstić information content (AvgIpc) is 3.09. The number of thiophene rings is 1. The minimum Gasteiger partial charge on any atom is -0.365 e. The first-order chi connectivity index (χ1) is 13.1. The maximum atomic E-state index is 6.01. The first-order valence-electron chi connectivity index (χ1n) is 9.26. The molecular weight excluding hydrogens is 378 g/mol. The summed E-state index contributed by atoms with van der Waals surface area (Å²) in [6.07, 6.45) is 1.64. The predicted molar refractivity (Wildman–Crippen MR) is 115 cm³/mol. The predicted octanol–water partition coefficient (Wildman–Crippen LogP) is 4.06. The Morgan fingerprint density at radius 2 is 1.89 bits per heavy atom. The first-order valence-corrected chi connectivity index (χ1v) is 10.5. The monoisotopic (exact) mass is 401 g/mol. The largest absolute Gasteiger partial charge is 0.365 e. The number of halogens is 1. The third-order valence-corrected chi connectivity index (χ3v) is 6.38. The molecule has 0 saturated carbocycles. The molecule has 1 N–H and O–H groups in total. The number of rotatable bonds is 5. The Bertz CT molecular complexity index is 902. The molecule has 1 unspecified atom stereocenters. The Balaban J connectivity index is 1.50. The fraction of sp³-hybridized carbons (Fsp3) is 0.400. The summed E-state index contributed by atoms with van der Waals surface area (Å²) < 4.78 is 1.10. The lowest BCUT2D eigenvalue weighted by Gasteiger charge is -2.34. The van der Waals surface area contributed by atoms with E-state index < -0.39 is 0 Å². The highest BCUT2D eigenvalue weighted by Crippen LogP contribution is 2.36. The average molecular weight is 402 g/mol. The van der Waals surface area contributed by atoms with Crippen LogP contribution in [0.25, 0.3) is 20.7 Å². The molecular formula is C20H24ClN5S. The molecule has 0 aliphatic carbocycles. The zero-order valence-electron chi connectivity index (χ0n) is 15.7. The maximum absolute atomic E-state index is 6.01. The number of likely N-dealkylation sites (N-methyl/N-ethyl adjacent to an activating group) is 1. The Kier molecular flexibility index (Phi) is 5.59. The quantitative estimate of drug-likeness (QED) is 0.698. The molecule has 0 radical (unpaired) electrons. The fourth-order valence-electron chi connectivity index (χ4n) is 3.41. The minimum absolute atomic E-state index is 0.326. The van der Waals surface area contributed by atoms with Gasteiger partial charge in [0.25, 0.3) is 0 Å². The second kappa shape index (κ2) is 8.10. The van der Waals surface area contributed by atoms with E-state index in [1.54, 1.807) is 17.7 Å². The topological polar surface area (TPSA) is 44.3 Å². The lowest BCUT2D eigenvalue weighted by molar-refractivity contribution is 0.151. The smallest absolute Gasteiger partial charge is 0.147 e. The molecule has 1 saturated heterocycles. The van der Waals surface area contributed by atoms with Crippen molar-refractivity contribution in [3.05, 3.63) is 41.7 Å². The summed E-state index contributed by atoms with van der Waals surface area (Å²) in [6.45, 7) is 7.78. The summed E-state index contributed by atoms with van der Waals surface area (Å²) in [6, 6.07) is 10.4. The fourth-order valence-corrected chi connectivity index (χ4v) is 4.61. The number of nitrogens with one attached hydrogen (secondary N) is 1. The Morgan fingerprint density at radius 1 is 1.15 bits per heavy atom. The molecule has 0 spiro atoms. The van der Waals surface area contributed by atoms with E-state index in [4.69, 9.17) is 11.6 Å². The lowest BCUT2D eigenvalue weighted by atomic mass is 10.2. The van der Waals surface area contributed by atoms with Crippen LogP contribution in [0.15, 0.2) is 36.7 Å². The van der Waals surface area contributed by atoms with Crippen molar-refractivity contribution in [2.45, 2.75) is 13.0 Å². The van der Waals surface area contributed by atoms with E-state index >= 15 is 0 Å². The summed E-state index contributed by atoms with van der Waals surface area (Å²) in [5.41, 5.74) is 2.13. The van der Waals surface area contributed by atoms with Crippen LogP contribution in [0, 0.1) is 0 Å². The highest BCUT2D eigenvalue weighted by molar-refractivity contribution is 7.22. The molecule has 7 heteroatoms. The second-order valence-electron chi connectivity index (χ2n) is 7.20. The lowest BCUT2D eigenvalue weighted by Crippen LogP contribution is -2.47. The first kappa shape index (κ1) is 18.6. The van der Waals surface area contributed by atoms with E-state index in [0.717, 1.165) is 59.3 Å². The highest BCUT2D eigenvalue weighted by atomic mass is 35.5. The van der Waals surface area contributed by atoms with Crippen LogP contribution >= 0.6 is 22.9 Å². The van der Waals surface area contributed by atoms with Gasteiger partial charge in [-0.05, 0) is 37.7 Å². The van der Waals surface area contributed by atoms with Crippen molar-refractivity contribution in [3.8, 4) is 10.4 Å². The van der Waals surface area contributed by atoms with Crippen LogP contribution in [-0.2, 0) is 0 Å². The molecule has 1 aliphatic heterocycles. The van der Waals surface area contributed by atoms with Gasteiger partial charge in [0.1, 0.15) is 12.1 Å². The number of aromatic nitrogens is 2. The van der Waals surface area contributed by atoms with Gasteiger partial charge in [-0.25, -0.2) is 9.97 Å². The van der Waals surface area contributed by atoms with Crippen LogP contribution < -0.4 is 5.32 Å². The van der Waals surface area contributed by atoms with Gasteiger partial charge in [-0.1, -0.05) is 23.7 Å². The van der Waals surface area contributed by atoms with Crippen LogP contribution in [0.4, 0.5) is 5.82 Å². The van der Waals surface area contributed by atoms with Gasteiger partial charge in [-0.3, -0.25) is 4.90 Å². The third-order valence-electron chi connectivity index (χ3n) is 4.95. The number of anilines is 1. The van der Waals surface area contributed by atoms with Gasteiger partial charge < -0.3 is 10.2 Å². The molecule has 27 heavy (non-hydrogen) atoms. The molecule has 142 valence electrons. The molecule has 0 bridgehead atoms. The molecule has 1 fully saturated rings. The van der Waals surface area contributed by atoms with Crippen LogP contribution in [0.3, 0.4) is 0 Å². The van der Waals surface area contributed by atoms with Crippen LogP contribution in [0.2, 0.25) is 5.02 Å². The maximum Gasteiger partial charge on any atom is 0.147 e. The van der Waals surface area contributed by atoms with Crippen molar-refractivity contribution in [2.24, 2.45) is 0 Å². The number of benzene rings is 1. The molecule has 3 aromatic rings.